The van der Waals surface area contributed by atoms with Crippen molar-refractivity contribution in [1.82, 2.24) is 9.55 Å². The molecule has 2 heterocycles. The lowest BCUT2D eigenvalue weighted by Crippen LogP contribution is -2.23. The highest BCUT2D eigenvalue weighted by Crippen LogP contribution is 2.21. The van der Waals surface area contributed by atoms with Gasteiger partial charge in [0.05, 0.1) is 0 Å². The van der Waals surface area contributed by atoms with Crippen LogP contribution in [0.15, 0.2) is 43.0 Å². The van der Waals surface area contributed by atoms with Crippen molar-refractivity contribution in [2.75, 3.05) is 11.4 Å². The van der Waals surface area contributed by atoms with Crippen LogP contribution < -0.4 is 4.90 Å². The van der Waals surface area contributed by atoms with E-state index in [9.17, 15) is 9.59 Å². The van der Waals surface area contributed by atoms with E-state index in [2.05, 4.69) is 4.98 Å². The van der Waals surface area contributed by atoms with Crippen molar-refractivity contribution in [3.63, 3.8) is 0 Å². The van der Waals surface area contributed by atoms with E-state index in [1.54, 1.807) is 29.4 Å². The van der Waals surface area contributed by atoms with Crippen LogP contribution in [0, 0.1) is 0 Å². The Morgan fingerprint density at radius 1 is 1.21 bits per heavy atom. The van der Waals surface area contributed by atoms with Crippen molar-refractivity contribution < 1.29 is 9.59 Å². The molecule has 1 amide bonds. The highest BCUT2D eigenvalue weighted by molar-refractivity contribution is 5.98. The van der Waals surface area contributed by atoms with E-state index in [1.807, 2.05) is 12.1 Å². The number of benzene rings is 1. The molecule has 1 fully saturated rings. The van der Waals surface area contributed by atoms with Crippen molar-refractivity contribution >= 4 is 17.5 Å². The van der Waals surface area contributed by atoms with E-state index >= 15 is 0 Å². The lowest BCUT2D eigenvalue weighted by Gasteiger charge is -2.15. The smallest absolute Gasteiger partial charge is 0.263 e. The predicted molar refractivity (Wildman–Crippen MR) is 70.0 cm³/mol. The van der Waals surface area contributed by atoms with Crippen molar-refractivity contribution in [3.8, 4) is 0 Å². The topological polar surface area (TPSA) is 55.2 Å². The molecule has 0 unspecified atom stereocenters. The molecule has 5 nitrogen and oxygen atoms in total. The second-order valence-corrected chi connectivity index (χ2v) is 4.47. The van der Waals surface area contributed by atoms with Gasteiger partial charge in [-0.1, -0.05) is 0 Å². The number of amides is 1. The number of hydrogen-bond donors (Lipinski definition) is 0. The van der Waals surface area contributed by atoms with Crippen LogP contribution in [0.1, 0.15) is 23.2 Å². The molecule has 1 aliphatic heterocycles. The van der Waals surface area contributed by atoms with Crippen LogP contribution in [0.25, 0.3) is 0 Å². The summed E-state index contributed by atoms with van der Waals surface area (Å²) in [5.74, 6) is 0.0190. The Morgan fingerprint density at radius 3 is 2.58 bits per heavy atom. The Bertz CT molecular complexity index is 602. The van der Waals surface area contributed by atoms with Gasteiger partial charge >= 0.3 is 0 Å². The fourth-order valence-electron chi connectivity index (χ4n) is 2.23. The maximum atomic E-state index is 12.0. The van der Waals surface area contributed by atoms with Gasteiger partial charge < -0.3 is 4.90 Å². The minimum absolute atomic E-state index is 0.128. The minimum Gasteiger partial charge on any atom is -0.312 e. The molecule has 0 aliphatic carbocycles. The van der Waals surface area contributed by atoms with Crippen molar-refractivity contribution in [2.24, 2.45) is 0 Å². The molecule has 96 valence electrons. The van der Waals surface area contributed by atoms with Crippen LogP contribution in [0.3, 0.4) is 0 Å². The third kappa shape index (κ3) is 2.14. The molecule has 5 heteroatoms. The van der Waals surface area contributed by atoms with E-state index in [0.29, 0.717) is 12.0 Å². The van der Waals surface area contributed by atoms with Crippen LogP contribution in [-0.4, -0.2) is 27.9 Å². The van der Waals surface area contributed by atoms with E-state index in [1.165, 1.54) is 10.9 Å². The molecule has 3 rings (SSSR count). The van der Waals surface area contributed by atoms with Gasteiger partial charge in [0.25, 0.3) is 5.91 Å². The summed E-state index contributed by atoms with van der Waals surface area (Å²) in [6, 6.07) is 7.10. The molecule has 1 saturated heterocycles. The van der Waals surface area contributed by atoms with Gasteiger partial charge in [-0.2, -0.15) is 0 Å². The lowest BCUT2D eigenvalue weighted by atomic mass is 10.2. The minimum atomic E-state index is -0.128. The van der Waals surface area contributed by atoms with Gasteiger partial charge in [0, 0.05) is 36.6 Å². The Labute approximate surface area is 110 Å². The number of aromatic nitrogens is 2. The Balaban J connectivity index is 1.83. The molecule has 0 saturated carbocycles. The van der Waals surface area contributed by atoms with Gasteiger partial charge in [0.1, 0.15) is 6.33 Å². The van der Waals surface area contributed by atoms with Crippen LogP contribution in [0.4, 0.5) is 5.69 Å². The largest absolute Gasteiger partial charge is 0.312 e. The molecule has 2 aromatic rings. The van der Waals surface area contributed by atoms with Crippen molar-refractivity contribution in [3.05, 3.63) is 48.5 Å². The zero-order valence-electron chi connectivity index (χ0n) is 10.3. The molecule has 0 bridgehead atoms. The molecule has 0 spiro atoms. The van der Waals surface area contributed by atoms with Gasteiger partial charge in [-0.3, -0.25) is 14.2 Å². The fourth-order valence-corrected chi connectivity index (χ4v) is 2.23. The summed E-state index contributed by atoms with van der Waals surface area (Å²) in [4.78, 5) is 29.3. The summed E-state index contributed by atoms with van der Waals surface area (Å²) in [5.41, 5.74) is 1.43. The molecule has 0 N–H and O–H groups in total. The zero-order valence-corrected chi connectivity index (χ0v) is 10.3. The Hall–Kier alpha value is -2.43. The number of rotatable bonds is 2. The summed E-state index contributed by atoms with van der Waals surface area (Å²) in [7, 11) is 0. The van der Waals surface area contributed by atoms with Crippen LogP contribution in [-0.2, 0) is 4.79 Å². The molecule has 0 radical (unpaired) electrons. The summed E-state index contributed by atoms with van der Waals surface area (Å²) in [6.07, 6.45) is 6.15. The number of anilines is 1. The maximum Gasteiger partial charge on any atom is 0.263 e. The first-order valence-corrected chi connectivity index (χ1v) is 6.19. The number of carbonyl (C=O) groups excluding carboxylic acids is 2. The summed E-state index contributed by atoms with van der Waals surface area (Å²) < 4.78 is 1.43. The third-order valence-corrected chi connectivity index (χ3v) is 3.24. The van der Waals surface area contributed by atoms with E-state index in [-0.39, 0.29) is 11.8 Å². The van der Waals surface area contributed by atoms with Gasteiger partial charge in [-0.25, -0.2) is 4.98 Å². The van der Waals surface area contributed by atoms with E-state index in [0.717, 1.165) is 18.7 Å². The quantitative estimate of drug-likeness (QED) is 0.820. The average molecular weight is 255 g/mol. The van der Waals surface area contributed by atoms with Gasteiger partial charge in [-0.05, 0) is 30.7 Å². The van der Waals surface area contributed by atoms with Gasteiger partial charge in [-0.15, -0.1) is 0 Å². The average Bonchev–Trinajstić information content (AvgIpc) is 3.09. The lowest BCUT2D eigenvalue weighted by molar-refractivity contribution is -0.117. The normalized spacial score (nSPS) is 14.9. The standard InChI is InChI=1S/C14H13N3O2/c18-13-2-1-8-17(13)12-5-3-11(4-6-12)14(19)16-9-7-15-10-16/h3-7,9-10H,1-2,8H2. The second kappa shape index (κ2) is 4.68. The first kappa shape index (κ1) is 11.6. The van der Waals surface area contributed by atoms with E-state index < -0.39 is 0 Å². The molecule has 1 aromatic heterocycles. The van der Waals surface area contributed by atoms with Crippen LogP contribution in [0.5, 0.6) is 0 Å². The number of nitrogens with zero attached hydrogens (tertiary/aromatic N) is 3. The number of carbonyl (C=O) groups is 2. The monoisotopic (exact) mass is 255 g/mol. The summed E-state index contributed by atoms with van der Waals surface area (Å²) >= 11 is 0. The highest BCUT2D eigenvalue weighted by atomic mass is 16.2. The number of imidazole rings is 1. The summed E-state index contributed by atoms with van der Waals surface area (Å²) in [6.45, 7) is 0.758. The molecule has 1 aromatic carbocycles. The fraction of sp³-hybridized carbons (Fsp3) is 0.214. The molecule has 19 heavy (non-hydrogen) atoms. The van der Waals surface area contributed by atoms with Crippen molar-refractivity contribution in [1.29, 1.82) is 0 Å². The van der Waals surface area contributed by atoms with Crippen LogP contribution >= 0.6 is 0 Å². The molecular weight excluding hydrogens is 242 g/mol. The van der Waals surface area contributed by atoms with Crippen LogP contribution in [0.2, 0.25) is 0 Å². The third-order valence-electron chi connectivity index (χ3n) is 3.24. The summed E-state index contributed by atoms with van der Waals surface area (Å²) in [5, 5.41) is 0. The molecule has 1 aliphatic rings. The zero-order chi connectivity index (χ0) is 13.2. The van der Waals surface area contributed by atoms with Gasteiger partial charge in [0.2, 0.25) is 5.91 Å². The van der Waals surface area contributed by atoms with Gasteiger partial charge in [0.15, 0.2) is 0 Å². The molecule has 0 atom stereocenters. The number of hydrogen-bond acceptors (Lipinski definition) is 3. The SMILES string of the molecule is O=C1CCCN1c1ccc(C(=O)n2ccnc2)cc1. The van der Waals surface area contributed by atoms with Crippen molar-refractivity contribution in [2.45, 2.75) is 12.8 Å². The van der Waals surface area contributed by atoms with E-state index in [4.69, 9.17) is 0 Å². The Kier molecular flexibility index (Phi) is 2.87. The second-order valence-electron chi connectivity index (χ2n) is 4.47. The maximum absolute atomic E-state index is 12.0. The predicted octanol–water partition coefficient (Wildman–Crippen LogP) is 1.70. The molecular formula is C14H13N3O2. The first-order valence-electron chi connectivity index (χ1n) is 6.19. The first-order chi connectivity index (χ1) is 9.25. The highest BCUT2D eigenvalue weighted by Gasteiger charge is 2.21. The Morgan fingerprint density at radius 2 is 2.00 bits per heavy atom.